The van der Waals surface area contributed by atoms with Crippen LogP contribution in [0, 0.1) is 6.92 Å². The number of ether oxygens (including phenoxy) is 1. The molecular formula is C18H17N3O2. The number of rotatable bonds is 4. The summed E-state index contributed by atoms with van der Waals surface area (Å²) < 4.78 is 6.96. The Labute approximate surface area is 134 Å². The monoisotopic (exact) mass is 307 g/mol. The molecule has 3 rings (SSSR count). The van der Waals surface area contributed by atoms with E-state index in [-0.39, 0.29) is 5.91 Å². The van der Waals surface area contributed by atoms with Gasteiger partial charge in [0.1, 0.15) is 17.8 Å². The zero-order valence-electron chi connectivity index (χ0n) is 13.0. The highest BCUT2D eigenvalue weighted by atomic mass is 16.5. The molecule has 1 heterocycles. The maximum Gasteiger partial charge on any atom is 0.275 e. The minimum Gasteiger partial charge on any atom is -0.497 e. The average molecular weight is 307 g/mol. The molecule has 0 aliphatic carbocycles. The molecule has 0 atom stereocenters. The molecule has 23 heavy (non-hydrogen) atoms. The number of nitrogens with one attached hydrogen (secondary N) is 1. The Kier molecular flexibility index (Phi) is 4.10. The molecule has 0 spiro atoms. The van der Waals surface area contributed by atoms with E-state index in [4.69, 9.17) is 4.74 Å². The lowest BCUT2D eigenvalue weighted by atomic mass is 10.2. The van der Waals surface area contributed by atoms with Crippen molar-refractivity contribution in [2.75, 3.05) is 12.4 Å². The van der Waals surface area contributed by atoms with Gasteiger partial charge < -0.3 is 14.6 Å². The third kappa shape index (κ3) is 3.40. The van der Waals surface area contributed by atoms with Crippen LogP contribution in [0.15, 0.2) is 61.1 Å². The van der Waals surface area contributed by atoms with Gasteiger partial charge in [0.05, 0.1) is 7.11 Å². The number of amides is 1. The number of hydrogen-bond acceptors (Lipinski definition) is 3. The van der Waals surface area contributed by atoms with E-state index in [0.717, 1.165) is 5.69 Å². The van der Waals surface area contributed by atoms with Crippen molar-refractivity contribution < 1.29 is 9.53 Å². The topological polar surface area (TPSA) is 56.1 Å². The molecule has 0 radical (unpaired) electrons. The maximum absolute atomic E-state index is 12.3. The molecule has 0 unspecified atom stereocenters. The van der Waals surface area contributed by atoms with Crippen LogP contribution in [0.2, 0.25) is 0 Å². The van der Waals surface area contributed by atoms with Crippen molar-refractivity contribution in [3.05, 3.63) is 72.3 Å². The molecule has 5 heteroatoms. The highest BCUT2D eigenvalue weighted by Gasteiger charge is 2.10. The molecule has 3 aromatic rings. The van der Waals surface area contributed by atoms with Gasteiger partial charge in [0, 0.05) is 23.6 Å². The second-order valence-corrected chi connectivity index (χ2v) is 5.19. The highest BCUT2D eigenvalue weighted by molar-refractivity contribution is 6.02. The smallest absolute Gasteiger partial charge is 0.275 e. The summed E-state index contributed by atoms with van der Waals surface area (Å²) in [6, 6.07) is 15.2. The molecule has 0 saturated heterocycles. The largest absolute Gasteiger partial charge is 0.497 e. The molecule has 2 aromatic carbocycles. The Bertz CT molecular complexity index is 822. The van der Waals surface area contributed by atoms with E-state index < -0.39 is 0 Å². The van der Waals surface area contributed by atoms with Gasteiger partial charge >= 0.3 is 0 Å². The normalized spacial score (nSPS) is 10.3. The maximum atomic E-state index is 12.3. The second kappa shape index (κ2) is 6.36. The first-order chi connectivity index (χ1) is 11.2. The van der Waals surface area contributed by atoms with Gasteiger partial charge in [-0.2, -0.15) is 0 Å². The van der Waals surface area contributed by atoms with Crippen LogP contribution in [0.3, 0.4) is 0 Å². The number of anilines is 1. The van der Waals surface area contributed by atoms with E-state index in [1.165, 1.54) is 5.56 Å². The molecule has 5 nitrogen and oxygen atoms in total. The van der Waals surface area contributed by atoms with Gasteiger partial charge in [-0.15, -0.1) is 0 Å². The Morgan fingerprint density at radius 2 is 1.96 bits per heavy atom. The molecule has 1 N–H and O–H groups in total. The third-order valence-corrected chi connectivity index (χ3v) is 3.47. The quantitative estimate of drug-likeness (QED) is 0.803. The Morgan fingerprint density at radius 3 is 2.70 bits per heavy atom. The van der Waals surface area contributed by atoms with Crippen LogP contribution in [0.5, 0.6) is 5.75 Å². The number of methoxy groups -OCH3 is 1. The molecule has 116 valence electrons. The molecule has 0 aliphatic heterocycles. The molecule has 0 saturated carbocycles. The Morgan fingerprint density at radius 1 is 1.17 bits per heavy atom. The van der Waals surface area contributed by atoms with Crippen LogP contribution in [-0.2, 0) is 0 Å². The number of carbonyl (C=O) groups is 1. The molecule has 1 aromatic heterocycles. The number of hydrogen-bond donors (Lipinski definition) is 1. The summed E-state index contributed by atoms with van der Waals surface area (Å²) in [6.45, 7) is 2.03. The minimum atomic E-state index is -0.260. The van der Waals surface area contributed by atoms with Gasteiger partial charge in [0.2, 0.25) is 0 Å². The van der Waals surface area contributed by atoms with Crippen LogP contribution in [0.4, 0.5) is 5.69 Å². The van der Waals surface area contributed by atoms with Gasteiger partial charge in [-0.3, -0.25) is 4.79 Å². The number of nitrogens with zero attached hydrogens (tertiary/aromatic N) is 2. The van der Waals surface area contributed by atoms with Gasteiger partial charge in [-0.25, -0.2) is 4.98 Å². The first-order valence-corrected chi connectivity index (χ1v) is 7.22. The first kappa shape index (κ1) is 14.8. The fraction of sp³-hybridized carbons (Fsp3) is 0.111. The third-order valence-electron chi connectivity index (χ3n) is 3.47. The Balaban J connectivity index is 1.76. The average Bonchev–Trinajstić information content (AvgIpc) is 3.06. The number of aromatic nitrogens is 2. The summed E-state index contributed by atoms with van der Waals surface area (Å²) in [4.78, 5) is 16.5. The minimum absolute atomic E-state index is 0.260. The van der Waals surface area contributed by atoms with Crippen LogP contribution in [0.1, 0.15) is 16.1 Å². The molecule has 1 amide bonds. The SMILES string of the molecule is COc1cccc(NC(=O)c2cn(-c3ccc(C)cc3)cn2)c1. The summed E-state index contributed by atoms with van der Waals surface area (Å²) in [5.74, 6) is 0.428. The number of imidazole rings is 1. The number of carbonyl (C=O) groups excluding carboxylic acids is 1. The zero-order valence-corrected chi connectivity index (χ0v) is 13.0. The van der Waals surface area contributed by atoms with E-state index in [1.54, 1.807) is 31.8 Å². The van der Waals surface area contributed by atoms with E-state index in [9.17, 15) is 4.79 Å². The zero-order chi connectivity index (χ0) is 16.2. The standard InChI is InChI=1S/C18H17N3O2/c1-13-6-8-15(9-7-13)21-11-17(19-12-21)18(22)20-14-4-3-5-16(10-14)23-2/h3-12H,1-2H3,(H,20,22). The van der Waals surface area contributed by atoms with Crippen molar-refractivity contribution in [3.8, 4) is 11.4 Å². The van der Waals surface area contributed by atoms with E-state index >= 15 is 0 Å². The summed E-state index contributed by atoms with van der Waals surface area (Å²) in [5, 5.41) is 2.81. The van der Waals surface area contributed by atoms with Crippen LogP contribution >= 0.6 is 0 Å². The van der Waals surface area contributed by atoms with Crippen molar-refractivity contribution >= 4 is 11.6 Å². The van der Waals surface area contributed by atoms with Crippen molar-refractivity contribution in [3.63, 3.8) is 0 Å². The van der Waals surface area contributed by atoms with Crippen LogP contribution in [0.25, 0.3) is 5.69 Å². The summed E-state index contributed by atoms with van der Waals surface area (Å²) in [5.41, 5.74) is 3.17. The number of benzene rings is 2. The van der Waals surface area contributed by atoms with E-state index in [0.29, 0.717) is 17.1 Å². The van der Waals surface area contributed by atoms with Crippen LogP contribution in [-0.4, -0.2) is 22.6 Å². The van der Waals surface area contributed by atoms with Crippen molar-refractivity contribution in [1.82, 2.24) is 9.55 Å². The van der Waals surface area contributed by atoms with E-state index in [1.807, 2.05) is 47.9 Å². The lowest BCUT2D eigenvalue weighted by molar-refractivity contribution is 0.102. The van der Waals surface area contributed by atoms with Crippen molar-refractivity contribution in [2.24, 2.45) is 0 Å². The fourth-order valence-corrected chi connectivity index (χ4v) is 2.19. The summed E-state index contributed by atoms with van der Waals surface area (Å²) in [7, 11) is 1.59. The molecule has 0 fully saturated rings. The number of aryl methyl sites for hydroxylation is 1. The predicted molar refractivity (Wildman–Crippen MR) is 89.2 cm³/mol. The first-order valence-electron chi connectivity index (χ1n) is 7.22. The van der Waals surface area contributed by atoms with Crippen molar-refractivity contribution in [2.45, 2.75) is 6.92 Å². The predicted octanol–water partition coefficient (Wildman–Crippen LogP) is 3.44. The van der Waals surface area contributed by atoms with Gasteiger partial charge in [0.15, 0.2) is 0 Å². The fourth-order valence-electron chi connectivity index (χ4n) is 2.19. The summed E-state index contributed by atoms with van der Waals surface area (Å²) >= 11 is 0. The lowest BCUT2D eigenvalue weighted by Gasteiger charge is -2.05. The highest BCUT2D eigenvalue weighted by Crippen LogP contribution is 2.17. The van der Waals surface area contributed by atoms with Gasteiger partial charge in [0.25, 0.3) is 5.91 Å². The van der Waals surface area contributed by atoms with Crippen LogP contribution < -0.4 is 10.1 Å². The second-order valence-electron chi connectivity index (χ2n) is 5.19. The Hall–Kier alpha value is -3.08. The molecular weight excluding hydrogens is 290 g/mol. The van der Waals surface area contributed by atoms with Gasteiger partial charge in [-0.05, 0) is 31.2 Å². The van der Waals surface area contributed by atoms with E-state index in [2.05, 4.69) is 10.3 Å². The molecule has 0 bridgehead atoms. The lowest BCUT2D eigenvalue weighted by Crippen LogP contribution is -2.12. The molecule has 0 aliphatic rings. The summed E-state index contributed by atoms with van der Waals surface area (Å²) in [6.07, 6.45) is 3.34. The van der Waals surface area contributed by atoms with Gasteiger partial charge in [-0.1, -0.05) is 23.8 Å². The van der Waals surface area contributed by atoms with Crippen molar-refractivity contribution in [1.29, 1.82) is 0 Å².